The van der Waals surface area contributed by atoms with Crippen molar-refractivity contribution in [2.24, 2.45) is 0 Å². The van der Waals surface area contributed by atoms with Crippen molar-refractivity contribution in [1.29, 1.82) is 0 Å². The van der Waals surface area contributed by atoms with Gasteiger partial charge >= 0.3 is 6.09 Å². The number of rotatable bonds is 5. The summed E-state index contributed by atoms with van der Waals surface area (Å²) in [6, 6.07) is 9.01. The number of carbonyl (C=O) groups is 4. The van der Waals surface area contributed by atoms with E-state index in [4.69, 9.17) is 4.74 Å². The molecule has 3 aromatic rings. The molecule has 4 amide bonds. The Labute approximate surface area is 217 Å². The number of aromatic nitrogens is 1. The van der Waals surface area contributed by atoms with E-state index in [1.807, 2.05) is 17.6 Å². The number of aryl methyl sites for hydroxylation is 1. The second kappa shape index (κ2) is 9.26. The van der Waals surface area contributed by atoms with Crippen LogP contribution in [-0.2, 0) is 27.5 Å². The van der Waals surface area contributed by atoms with Crippen LogP contribution in [0, 0.1) is 6.92 Å². The first-order valence-corrected chi connectivity index (χ1v) is 13.3. The molecule has 2 fully saturated rings. The fourth-order valence-corrected chi connectivity index (χ4v) is 6.28. The maximum Gasteiger partial charge on any atom is 0.407 e. The summed E-state index contributed by atoms with van der Waals surface area (Å²) in [5.74, 6) is -0.630. The van der Waals surface area contributed by atoms with Crippen LogP contribution in [0.25, 0.3) is 10.2 Å². The third kappa shape index (κ3) is 4.35. The molecule has 0 bridgehead atoms. The van der Waals surface area contributed by atoms with Crippen LogP contribution < -0.4 is 10.6 Å². The van der Waals surface area contributed by atoms with Crippen molar-refractivity contribution < 1.29 is 23.9 Å². The number of carbonyl (C=O) groups excluding carboxylic acids is 4. The number of piperidine rings is 1. The minimum absolute atomic E-state index is 0.0399. The number of nitrogens with one attached hydrogen (secondary N) is 2. The Bertz CT molecular complexity index is 1440. The molecule has 1 atom stereocenters. The normalized spacial score (nSPS) is 23.0. The van der Waals surface area contributed by atoms with E-state index in [0.29, 0.717) is 30.0 Å². The zero-order valence-corrected chi connectivity index (χ0v) is 21.1. The van der Waals surface area contributed by atoms with E-state index in [9.17, 15) is 19.2 Å². The number of alkyl carbamates (subject to hydrolysis) is 1. The van der Waals surface area contributed by atoms with Crippen LogP contribution in [-0.4, -0.2) is 45.8 Å². The van der Waals surface area contributed by atoms with Gasteiger partial charge in [-0.25, -0.2) is 9.78 Å². The summed E-state index contributed by atoms with van der Waals surface area (Å²) in [7, 11) is 0. The van der Waals surface area contributed by atoms with Crippen molar-refractivity contribution in [2.45, 2.75) is 63.8 Å². The zero-order chi connectivity index (χ0) is 25.7. The lowest BCUT2D eigenvalue weighted by atomic mass is 9.74. The largest absolute Gasteiger partial charge is 0.445 e. The summed E-state index contributed by atoms with van der Waals surface area (Å²) in [6.45, 7) is 2.46. The Balaban J connectivity index is 1.02. The van der Waals surface area contributed by atoms with Gasteiger partial charge in [0.25, 0.3) is 5.91 Å². The van der Waals surface area contributed by atoms with Gasteiger partial charge in [-0.15, -0.1) is 11.3 Å². The lowest BCUT2D eigenvalue weighted by Gasteiger charge is -2.36. The zero-order valence-electron chi connectivity index (χ0n) is 20.3. The van der Waals surface area contributed by atoms with Crippen molar-refractivity contribution in [3.8, 4) is 0 Å². The molecule has 2 aromatic carbocycles. The minimum Gasteiger partial charge on any atom is -0.445 e. The summed E-state index contributed by atoms with van der Waals surface area (Å²) in [4.78, 5) is 55.1. The Morgan fingerprint density at radius 2 is 2.05 bits per heavy atom. The number of hydrogen-bond acceptors (Lipinski definition) is 7. The van der Waals surface area contributed by atoms with Crippen molar-refractivity contribution in [2.75, 3.05) is 0 Å². The van der Waals surface area contributed by atoms with E-state index in [1.165, 1.54) is 20.7 Å². The molecule has 37 heavy (non-hydrogen) atoms. The maximum atomic E-state index is 13.0. The summed E-state index contributed by atoms with van der Waals surface area (Å²) in [5.41, 5.74) is 7.46. The molecular formula is C27H26N4O5S. The SMILES string of the molecule is Cc1ccc2scnc2c1C1CC(NC(=O)OCc2ccc3c(c2)C(=O)N(C2CCC(=O)NC2=O)C3)C1. The molecule has 1 saturated heterocycles. The van der Waals surface area contributed by atoms with Crippen LogP contribution in [0.15, 0.2) is 35.8 Å². The highest BCUT2D eigenvalue weighted by Gasteiger charge is 2.39. The molecule has 3 aliphatic rings. The highest BCUT2D eigenvalue weighted by atomic mass is 32.1. The van der Waals surface area contributed by atoms with Crippen molar-refractivity contribution >= 4 is 45.4 Å². The summed E-state index contributed by atoms with van der Waals surface area (Å²) < 4.78 is 6.62. The maximum absolute atomic E-state index is 13.0. The smallest absolute Gasteiger partial charge is 0.407 e. The lowest BCUT2D eigenvalue weighted by Crippen LogP contribution is -2.52. The van der Waals surface area contributed by atoms with Crippen molar-refractivity contribution in [1.82, 2.24) is 20.5 Å². The van der Waals surface area contributed by atoms with Gasteiger partial charge in [0.15, 0.2) is 0 Å². The van der Waals surface area contributed by atoms with E-state index in [-0.39, 0.29) is 30.9 Å². The van der Waals surface area contributed by atoms with Gasteiger partial charge in [-0.2, -0.15) is 0 Å². The molecular weight excluding hydrogens is 492 g/mol. The van der Waals surface area contributed by atoms with E-state index >= 15 is 0 Å². The topological polar surface area (TPSA) is 118 Å². The molecule has 1 unspecified atom stereocenters. The molecule has 190 valence electrons. The fraction of sp³-hybridized carbons (Fsp3) is 0.370. The predicted octanol–water partition coefficient (Wildman–Crippen LogP) is 3.54. The average Bonchev–Trinajstić information content (AvgIpc) is 3.45. The van der Waals surface area contributed by atoms with Gasteiger partial charge in [-0.3, -0.25) is 19.7 Å². The number of ether oxygens (including phenoxy) is 1. The van der Waals surface area contributed by atoms with Crippen LogP contribution in [0.4, 0.5) is 4.79 Å². The minimum atomic E-state index is -0.652. The first-order chi connectivity index (χ1) is 17.9. The highest BCUT2D eigenvalue weighted by Crippen LogP contribution is 2.42. The number of nitrogens with zero attached hydrogens (tertiary/aromatic N) is 2. The van der Waals surface area contributed by atoms with Gasteiger partial charge in [-0.1, -0.05) is 18.2 Å². The molecule has 6 rings (SSSR count). The monoisotopic (exact) mass is 518 g/mol. The fourth-order valence-electron chi connectivity index (χ4n) is 5.59. The Morgan fingerprint density at radius 3 is 2.86 bits per heavy atom. The van der Waals surface area contributed by atoms with Gasteiger partial charge in [0.05, 0.1) is 15.7 Å². The van der Waals surface area contributed by atoms with Gasteiger partial charge < -0.3 is 15.0 Å². The molecule has 1 aliphatic carbocycles. The molecule has 9 nitrogen and oxygen atoms in total. The van der Waals surface area contributed by atoms with Crippen molar-refractivity contribution in [3.63, 3.8) is 0 Å². The van der Waals surface area contributed by atoms with E-state index in [2.05, 4.69) is 34.7 Å². The standard InChI is InChI=1S/C27H26N4O5S/c1-14-2-6-21-24(28-13-37-21)23(14)17-9-18(10-17)29-27(35)36-12-15-3-4-16-11-31(26(34)19(16)8-15)20-5-7-22(32)30-25(20)33/h2-4,6,8,13,17-18,20H,5,7,9-12H2,1H3,(H,29,35)(H,30,32,33). The van der Waals surface area contributed by atoms with Crippen LogP contribution in [0.2, 0.25) is 0 Å². The molecule has 2 aliphatic heterocycles. The summed E-state index contributed by atoms with van der Waals surface area (Å²) in [6.07, 6.45) is 1.74. The Kier molecular flexibility index (Phi) is 5.91. The van der Waals surface area contributed by atoms with E-state index in [1.54, 1.807) is 17.4 Å². The van der Waals surface area contributed by atoms with E-state index < -0.39 is 18.0 Å². The second-order valence-electron chi connectivity index (χ2n) is 9.97. The predicted molar refractivity (Wildman–Crippen MR) is 136 cm³/mol. The van der Waals surface area contributed by atoms with Crippen molar-refractivity contribution in [3.05, 3.63) is 63.7 Å². The third-order valence-corrected chi connectivity index (χ3v) is 8.38. The number of fused-ring (bicyclic) bond motifs is 2. The highest BCUT2D eigenvalue weighted by molar-refractivity contribution is 7.16. The van der Waals surface area contributed by atoms with Crippen LogP contribution in [0.1, 0.15) is 64.2 Å². The first kappa shape index (κ1) is 23.6. The van der Waals surface area contributed by atoms with Crippen LogP contribution in [0.5, 0.6) is 0 Å². The molecule has 2 N–H and O–H groups in total. The Hall–Kier alpha value is -3.79. The third-order valence-electron chi connectivity index (χ3n) is 7.59. The molecule has 3 heterocycles. The number of hydrogen-bond donors (Lipinski definition) is 2. The van der Waals surface area contributed by atoms with Crippen LogP contribution in [0.3, 0.4) is 0 Å². The molecule has 1 aromatic heterocycles. The number of amides is 4. The van der Waals surface area contributed by atoms with Gasteiger partial charge in [0, 0.05) is 24.6 Å². The summed E-state index contributed by atoms with van der Waals surface area (Å²) >= 11 is 1.64. The molecule has 0 radical (unpaired) electrons. The summed E-state index contributed by atoms with van der Waals surface area (Å²) in [5, 5.41) is 5.25. The average molecular weight is 519 g/mol. The lowest BCUT2D eigenvalue weighted by molar-refractivity contribution is -0.136. The number of benzene rings is 2. The second-order valence-corrected chi connectivity index (χ2v) is 10.9. The quantitative estimate of drug-likeness (QED) is 0.499. The molecule has 1 saturated carbocycles. The van der Waals surface area contributed by atoms with Gasteiger partial charge in [-0.05, 0) is 66.5 Å². The van der Waals surface area contributed by atoms with E-state index in [0.717, 1.165) is 23.9 Å². The van der Waals surface area contributed by atoms with Gasteiger partial charge in [0.1, 0.15) is 12.6 Å². The number of thiazole rings is 1. The number of imide groups is 1. The Morgan fingerprint density at radius 1 is 1.22 bits per heavy atom. The molecule has 10 heteroatoms. The first-order valence-electron chi connectivity index (χ1n) is 12.4. The van der Waals surface area contributed by atoms with Crippen LogP contribution >= 0.6 is 11.3 Å². The molecule has 0 spiro atoms. The van der Waals surface area contributed by atoms with Gasteiger partial charge in [0.2, 0.25) is 11.8 Å².